The third kappa shape index (κ3) is 1.40. The van der Waals surface area contributed by atoms with Crippen LogP contribution >= 0.6 is 23.1 Å². The predicted octanol–water partition coefficient (Wildman–Crippen LogP) is 0.395. The number of rotatable bonds is 1. The lowest BCUT2D eigenvalue weighted by Gasteiger charge is -1.83. The number of thioether (sulfide) groups is 1. The van der Waals surface area contributed by atoms with Gasteiger partial charge in [-0.1, -0.05) is 11.8 Å². The summed E-state index contributed by atoms with van der Waals surface area (Å²) >= 11 is 2.71. The minimum Gasteiger partial charge on any atom is -0.291 e. The first-order chi connectivity index (χ1) is 6.20. The van der Waals surface area contributed by atoms with E-state index in [0.29, 0.717) is 10.3 Å². The number of hydrogen-bond donors (Lipinski definition) is 2. The Kier molecular flexibility index (Phi) is 1.97. The number of thiazole rings is 1. The first kappa shape index (κ1) is 8.52. The average Bonchev–Trinajstić information content (AvgIpc) is 2.47. The van der Waals surface area contributed by atoms with Gasteiger partial charge in [0, 0.05) is 0 Å². The largest absolute Gasteiger partial charge is 0.327 e. The first-order valence-corrected chi connectivity index (χ1v) is 5.42. The van der Waals surface area contributed by atoms with E-state index in [9.17, 15) is 9.59 Å². The number of aromatic amines is 2. The zero-order valence-electron chi connectivity index (χ0n) is 6.58. The topological polar surface area (TPSA) is 78.6 Å². The fourth-order valence-corrected chi connectivity index (χ4v) is 2.34. The van der Waals surface area contributed by atoms with Crippen LogP contribution in [0.5, 0.6) is 0 Å². The van der Waals surface area contributed by atoms with Gasteiger partial charge in [-0.25, -0.2) is 9.78 Å². The van der Waals surface area contributed by atoms with E-state index in [1.807, 2.05) is 6.26 Å². The van der Waals surface area contributed by atoms with Crippen molar-refractivity contribution in [2.45, 2.75) is 4.34 Å². The lowest BCUT2D eigenvalue weighted by molar-refractivity contribution is 1.06. The molecule has 0 atom stereocenters. The summed E-state index contributed by atoms with van der Waals surface area (Å²) in [4.78, 5) is 30.7. The van der Waals surface area contributed by atoms with Crippen LogP contribution in [0.4, 0.5) is 0 Å². The van der Waals surface area contributed by atoms with E-state index in [2.05, 4.69) is 15.0 Å². The summed E-state index contributed by atoms with van der Waals surface area (Å²) in [7, 11) is 0. The van der Waals surface area contributed by atoms with E-state index in [1.165, 1.54) is 23.1 Å². The average molecular weight is 215 g/mol. The summed E-state index contributed by atoms with van der Waals surface area (Å²) in [6.45, 7) is 0. The van der Waals surface area contributed by atoms with Gasteiger partial charge in [0.2, 0.25) is 0 Å². The highest BCUT2D eigenvalue weighted by molar-refractivity contribution is 8.00. The smallest absolute Gasteiger partial charge is 0.291 e. The van der Waals surface area contributed by atoms with Crippen molar-refractivity contribution in [3.63, 3.8) is 0 Å². The minimum absolute atomic E-state index is 0.364. The van der Waals surface area contributed by atoms with Crippen LogP contribution in [-0.2, 0) is 0 Å². The molecule has 0 fully saturated rings. The van der Waals surface area contributed by atoms with E-state index in [-0.39, 0.29) is 5.56 Å². The number of aromatic nitrogens is 3. The molecular formula is C6H5N3O2S2. The summed E-state index contributed by atoms with van der Waals surface area (Å²) in [6.07, 6.45) is 1.87. The maximum Gasteiger partial charge on any atom is 0.327 e. The van der Waals surface area contributed by atoms with E-state index in [0.717, 1.165) is 4.34 Å². The highest BCUT2D eigenvalue weighted by Gasteiger charge is 2.06. The van der Waals surface area contributed by atoms with Crippen LogP contribution in [0.3, 0.4) is 0 Å². The molecule has 0 aliphatic heterocycles. The first-order valence-electron chi connectivity index (χ1n) is 3.38. The van der Waals surface area contributed by atoms with Crippen molar-refractivity contribution < 1.29 is 0 Å². The lowest BCUT2D eigenvalue weighted by atomic mass is 10.6. The fourth-order valence-electron chi connectivity index (χ4n) is 0.925. The van der Waals surface area contributed by atoms with Gasteiger partial charge in [-0.3, -0.25) is 14.8 Å². The molecule has 2 heterocycles. The maximum absolute atomic E-state index is 11.2. The molecule has 2 aromatic heterocycles. The molecule has 0 aromatic carbocycles. The van der Waals surface area contributed by atoms with Crippen LogP contribution in [-0.4, -0.2) is 21.2 Å². The molecule has 13 heavy (non-hydrogen) atoms. The molecule has 0 aliphatic rings. The van der Waals surface area contributed by atoms with Gasteiger partial charge >= 0.3 is 5.69 Å². The number of fused-ring (bicyclic) bond motifs is 1. The third-order valence-corrected chi connectivity index (χ3v) is 3.49. The highest BCUT2D eigenvalue weighted by Crippen LogP contribution is 2.23. The summed E-state index contributed by atoms with van der Waals surface area (Å²) < 4.78 is 1.23. The highest BCUT2D eigenvalue weighted by atomic mass is 32.2. The zero-order valence-corrected chi connectivity index (χ0v) is 8.21. The van der Waals surface area contributed by atoms with E-state index < -0.39 is 5.69 Å². The molecule has 0 aliphatic carbocycles. The number of hydrogen-bond acceptors (Lipinski definition) is 5. The maximum atomic E-state index is 11.2. The van der Waals surface area contributed by atoms with E-state index >= 15 is 0 Å². The predicted molar refractivity (Wildman–Crippen MR) is 52.6 cm³/mol. The van der Waals surface area contributed by atoms with Crippen LogP contribution in [0.15, 0.2) is 13.9 Å². The summed E-state index contributed by atoms with van der Waals surface area (Å²) in [6, 6.07) is 0. The van der Waals surface area contributed by atoms with E-state index in [1.54, 1.807) is 0 Å². The molecule has 2 N–H and O–H groups in total. The normalized spacial score (nSPS) is 10.8. The second kappa shape index (κ2) is 3.00. The zero-order chi connectivity index (χ0) is 9.42. The molecule has 2 rings (SSSR count). The van der Waals surface area contributed by atoms with Gasteiger partial charge in [0.25, 0.3) is 5.56 Å². The van der Waals surface area contributed by atoms with Gasteiger partial charge in [0.15, 0.2) is 9.99 Å². The van der Waals surface area contributed by atoms with Gasteiger partial charge in [-0.2, -0.15) is 0 Å². The molecule has 0 saturated carbocycles. The SMILES string of the molecule is CSc1nc2[nH]c(=O)[nH]c(=O)c2s1. The minimum atomic E-state index is -0.518. The Labute approximate surface area is 80.2 Å². The van der Waals surface area contributed by atoms with Crippen molar-refractivity contribution in [2.24, 2.45) is 0 Å². The monoisotopic (exact) mass is 215 g/mol. The fraction of sp³-hybridized carbons (Fsp3) is 0.167. The second-order valence-corrected chi connectivity index (χ2v) is 4.32. The number of nitrogens with zero attached hydrogens (tertiary/aromatic N) is 1. The molecule has 7 heteroatoms. The van der Waals surface area contributed by atoms with Crippen LogP contribution < -0.4 is 11.2 Å². The summed E-state index contributed by atoms with van der Waals surface area (Å²) in [5, 5.41) is 0. The molecule has 0 spiro atoms. The molecule has 0 bridgehead atoms. The Morgan fingerprint density at radius 3 is 2.85 bits per heavy atom. The van der Waals surface area contributed by atoms with Crippen molar-refractivity contribution in [3.8, 4) is 0 Å². The quantitative estimate of drug-likeness (QED) is 0.675. The molecule has 2 aromatic rings. The standard InChI is InChI=1S/C6H5N3O2S2/c1-12-6-8-3-2(13-6)4(10)9-5(11)7-3/h1H3,(H2,7,9,10,11). The molecule has 0 amide bonds. The molecule has 0 unspecified atom stereocenters. The molecule has 0 saturated heterocycles. The van der Waals surface area contributed by atoms with Crippen molar-refractivity contribution in [3.05, 3.63) is 20.8 Å². The Bertz CT molecular complexity index is 553. The van der Waals surface area contributed by atoms with Crippen molar-refractivity contribution >= 4 is 33.4 Å². The van der Waals surface area contributed by atoms with Crippen LogP contribution in [0.2, 0.25) is 0 Å². The van der Waals surface area contributed by atoms with Gasteiger partial charge in [0.05, 0.1) is 0 Å². The van der Waals surface area contributed by atoms with Gasteiger partial charge < -0.3 is 0 Å². The van der Waals surface area contributed by atoms with Gasteiger partial charge in [0.1, 0.15) is 4.70 Å². The molecule has 5 nitrogen and oxygen atoms in total. The van der Waals surface area contributed by atoms with Crippen LogP contribution in [0, 0.1) is 0 Å². The van der Waals surface area contributed by atoms with Gasteiger partial charge in [-0.15, -0.1) is 11.3 Å². The molecule has 0 radical (unpaired) electrons. The Morgan fingerprint density at radius 1 is 1.38 bits per heavy atom. The number of nitrogens with one attached hydrogen (secondary N) is 2. The van der Waals surface area contributed by atoms with Crippen molar-refractivity contribution in [2.75, 3.05) is 6.26 Å². The molecular weight excluding hydrogens is 210 g/mol. The summed E-state index contributed by atoms with van der Waals surface area (Å²) in [5.74, 6) is 0. The molecule has 68 valence electrons. The Hall–Kier alpha value is -1.08. The summed E-state index contributed by atoms with van der Waals surface area (Å²) in [5.41, 5.74) is -0.532. The van der Waals surface area contributed by atoms with Crippen LogP contribution in [0.1, 0.15) is 0 Å². The Morgan fingerprint density at radius 2 is 2.15 bits per heavy atom. The second-order valence-electron chi connectivity index (χ2n) is 2.27. The number of H-pyrrole nitrogens is 2. The van der Waals surface area contributed by atoms with Crippen LogP contribution in [0.25, 0.3) is 10.3 Å². The third-order valence-electron chi connectivity index (χ3n) is 1.45. The van der Waals surface area contributed by atoms with Crippen molar-refractivity contribution in [1.82, 2.24) is 15.0 Å². The lowest BCUT2D eigenvalue weighted by Crippen LogP contribution is -2.20. The van der Waals surface area contributed by atoms with Gasteiger partial charge in [-0.05, 0) is 6.26 Å². The van der Waals surface area contributed by atoms with E-state index in [4.69, 9.17) is 0 Å². The van der Waals surface area contributed by atoms with Crippen molar-refractivity contribution in [1.29, 1.82) is 0 Å². The Balaban J connectivity index is 2.91.